The molecule has 1 aliphatic rings. The van der Waals surface area contributed by atoms with Crippen molar-refractivity contribution in [3.05, 3.63) is 28.5 Å². The van der Waals surface area contributed by atoms with Crippen LogP contribution < -0.4 is 5.32 Å². The molecule has 1 N–H and O–H groups in total. The van der Waals surface area contributed by atoms with E-state index in [4.69, 9.17) is 11.6 Å². The maximum Gasteiger partial charge on any atom is 0.417 e. The summed E-state index contributed by atoms with van der Waals surface area (Å²) < 4.78 is 37.8. The molecule has 1 aromatic rings. The highest BCUT2D eigenvalue weighted by molar-refractivity contribution is 6.31. The summed E-state index contributed by atoms with van der Waals surface area (Å²) >= 11 is 5.91. The van der Waals surface area contributed by atoms with Crippen molar-refractivity contribution in [2.45, 2.75) is 38.4 Å². The van der Waals surface area contributed by atoms with Crippen LogP contribution in [0.15, 0.2) is 12.3 Å². The quantitative estimate of drug-likeness (QED) is 0.909. The highest BCUT2D eigenvalue weighted by atomic mass is 35.5. The number of pyridine rings is 1. The maximum atomic E-state index is 12.6. The molecule has 0 unspecified atom stereocenters. The Bertz CT molecular complexity index is 559. The Hall–Kier alpha value is -1.34. The van der Waals surface area contributed by atoms with Crippen LogP contribution in [0.4, 0.5) is 13.2 Å². The van der Waals surface area contributed by atoms with Crippen molar-refractivity contribution in [2.75, 3.05) is 19.6 Å². The molecular formula is C15H19ClF3N3O. The first kappa shape index (κ1) is 18.0. The SMILES string of the molecule is CC(=O)N(CCc1ncc(C(F)(F)F)cc1Cl)C1CCNCC1. The molecule has 8 heteroatoms. The summed E-state index contributed by atoms with van der Waals surface area (Å²) in [6.07, 6.45) is -1.61. The number of carbonyl (C=O) groups is 1. The highest BCUT2D eigenvalue weighted by Crippen LogP contribution is 2.31. The van der Waals surface area contributed by atoms with Gasteiger partial charge in [-0.25, -0.2) is 0 Å². The van der Waals surface area contributed by atoms with E-state index in [1.807, 2.05) is 0 Å². The largest absolute Gasteiger partial charge is 0.417 e. The van der Waals surface area contributed by atoms with Crippen molar-refractivity contribution in [2.24, 2.45) is 0 Å². The summed E-state index contributed by atoms with van der Waals surface area (Å²) in [5.41, 5.74) is -0.493. The van der Waals surface area contributed by atoms with Gasteiger partial charge in [-0.15, -0.1) is 0 Å². The number of hydrogen-bond donors (Lipinski definition) is 1. The number of alkyl halides is 3. The standard InChI is InChI=1S/C15H19ClF3N3O/c1-10(23)22(12-2-5-20-6-3-12)7-4-14-13(16)8-11(9-21-14)15(17,18)19/h8-9,12,20H,2-7H2,1H3. The number of amides is 1. The number of nitrogens with zero attached hydrogens (tertiary/aromatic N) is 2. The fraction of sp³-hybridized carbons (Fsp3) is 0.600. The number of halogens is 4. The molecule has 1 fully saturated rings. The molecule has 128 valence electrons. The molecule has 1 aliphatic heterocycles. The van der Waals surface area contributed by atoms with Crippen LogP contribution in [0, 0.1) is 0 Å². The van der Waals surface area contributed by atoms with E-state index >= 15 is 0 Å². The van der Waals surface area contributed by atoms with Gasteiger partial charge >= 0.3 is 6.18 Å². The van der Waals surface area contributed by atoms with E-state index in [1.165, 1.54) is 6.92 Å². The lowest BCUT2D eigenvalue weighted by atomic mass is 10.0. The summed E-state index contributed by atoms with van der Waals surface area (Å²) in [5, 5.41) is 3.21. The van der Waals surface area contributed by atoms with Crippen molar-refractivity contribution < 1.29 is 18.0 Å². The minimum Gasteiger partial charge on any atom is -0.339 e. The maximum absolute atomic E-state index is 12.6. The van der Waals surface area contributed by atoms with E-state index in [1.54, 1.807) is 4.90 Å². The van der Waals surface area contributed by atoms with Gasteiger partial charge in [0.15, 0.2) is 0 Å². The van der Waals surface area contributed by atoms with Crippen LogP contribution in [0.2, 0.25) is 5.02 Å². The Labute approximate surface area is 138 Å². The number of aromatic nitrogens is 1. The van der Waals surface area contributed by atoms with Gasteiger partial charge < -0.3 is 10.2 Å². The van der Waals surface area contributed by atoms with Crippen molar-refractivity contribution >= 4 is 17.5 Å². The number of hydrogen-bond acceptors (Lipinski definition) is 3. The van der Waals surface area contributed by atoms with Crippen molar-refractivity contribution in [3.63, 3.8) is 0 Å². The van der Waals surface area contributed by atoms with Crippen LogP contribution in [0.3, 0.4) is 0 Å². The van der Waals surface area contributed by atoms with Crippen LogP contribution in [0.5, 0.6) is 0 Å². The third kappa shape index (κ3) is 4.81. The zero-order valence-electron chi connectivity index (χ0n) is 12.8. The molecule has 0 atom stereocenters. The Morgan fingerprint density at radius 1 is 1.43 bits per heavy atom. The van der Waals surface area contributed by atoms with Crippen molar-refractivity contribution in [1.82, 2.24) is 15.2 Å². The van der Waals surface area contributed by atoms with Crippen LogP contribution in [0.1, 0.15) is 31.0 Å². The molecule has 2 heterocycles. The van der Waals surface area contributed by atoms with E-state index in [0.717, 1.165) is 38.2 Å². The second kappa shape index (κ2) is 7.49. The Balaban J connectivity index is 2.04. The van der Waals surface area contributed by atoms with Crippen molar-refractivity contribution in [1.29, 1.82) is 0 Å². The van der Waals surface area contributed by atoms with Crippen LogP contribution >= 0.6 is 11.6 Å². The van der Waals surface area contributed by atoms with Gasteiger partial charge in [-0.2, -0.15) is 13.2 Å². The zero-order valence-corrected chi connectivity index (χ0v) is 13.5. The van der Waals surface area contributed by atoms with Gasteiger partial charge in [-0.3, -0.25) is 9.78 Å². The second-order valence-electron chi connectivity index (χ2n) is 5.59. The number of rotatable bonds is 4. The first-order valence-corrected chi connectivity index (χ1v) is 7.86. The lowest BCUT2D eigenvalue weighted by Gasteiger charge is -2.34. The molecule has 1 amide bonds. The molecule has 0 aliphatic carbocycles. The van der Waals surface area contributed by atoms with Gasteiger partial charge in [0.2, 0.25) is 5.91 Å². The van der Waals surface area contributed by atoms with Gasteiger partial charge in [0.25, 0.3) is 0 Å². The fourth-order valence-corrected chi connectivity index (χ4v) is 3.01. The topological polar surface area (TPSA) is 45.2 Å². The van der Waals surface area contributed by atoms with Gasteiger partial charge in [-0.05, 0) is 32.0 Å². The average Bonchev–Trinajstić information content (AvgIpc) is 2.48. The van der Waals surface area contributed by atoms with Gasteiger partial charge in [-0.1, -0.05) is 11.6 Å². The Kier molecular flexibility index (Phi) is 5.86. The predicted molar refractivity (Wildman–Crippen MR) is 81.2 cm³/mol. The zero-order chi connectivity index (χ0) is 17.0. The van der Waals surface area contributed by atoms with Crippen molar-refractivity contribution in [3.8, 4) is 0 Å². The summed E-state index contributed by atoms with van der Waals surface area (Å²) in [5.74, 6) is -0.0417. The monoisotopic (exact) mass is 349 g/mol. The lowest BCUT2D eigenvalue weighted by Crippen LogP contribution is -2.46. The molecular weight excluding hydrogens is 331 g/mol. The third-order valence-corrected chi connectivity index (χ3v) is 4.32. The van der Waals surface area contributed by atoms with Crippen LogP contribution in [0.25, 0.3) is 0 Å². The molecule has 2 rings (SSSR count). The first-order valence-electron chi connectivity index (χ1n) is 7.48. The number of piperidine rings is 1. The first-order chi connectivity index (χ1) is 10.8. The van der Waals surface area contributed by atoms with E-state index in [2.05, 4.69) is 10.3 Å². The second-order valence-corrected chi connectivity index (χ2v) is 6.00. The summed E-state index contributed by atoms with van der Waals surface area (Å²) in [7, 11) is 0. The van der Waals surface area contributed by atoms with E-state index in [9.17, 15) is 18.0 Å². The van der Waals surface area contributed by atoms with Crippen LogP contribution in [-0.2, 0) is 17.4 Å². The minimum atomic E-state index is -4.46. The highest BCUT2D eigenvalue weighted by Gasteiger charge is 2.31. The lowest BCUT2D eigenvalue weighted by molar-refractivity contribution is -0.137. The molecule has 23 heavy (non-hydrogen) atoms. The fourth-order valence-electron chi connectivity index (χ4n) is 2.75. The summed E-state index contributed by atoms with van der Waals surface area (Å²) in [4.78, 5) is 17.4. The van der Waals surface area contributed by atoms with Gasteiger partial charge in [0, 0.05) is 32.1 Å². The average molecular weight is 350 g/mol. The minimum absolute atomic E-state index is 0.0198. The molecule has 0 aromatic carbocycles. The predicted octanol–water partition coefficient (Wildman–Crippen LogP) is 2.90. The molecule has 0 radical (unpaired) electrons. The molecule has 1 aromatic heterocycles. The van der Waals surface area contributed by atoms with Crippen LogP contribution in [-0.4, -0.2) is 41.5 Å². The van der Waals surface area contributed by atoms with Gasteiger partial charge in [0.05, 0.1) is 16.3 Å². The van der Waals surface area contributed by atoms with E-state index < -0.39 is 11.7 Å². The third-order valence-electron chi connectivity index (χ3n) is 3.99. The van der Waals surface area contributed by atoms with E-state index in [-0.39, 0.29) is 17.0 Å². The van der Waals surface area contributed by atoms with Gasteiger partial charge in [0.1, 0.15) is 0 Å². The normalized spacial score (nSPS) is 16.4. The Morgan fingerprint density at radius 2 is 2.09 bits per heavy atom. The summed E-state index contributed by atoms with van der Waals surface area (Å²) in [6.45, 7) is 3.61. The molecule has 0 bridgehead atoms. The molecule has 0 spiro atoms. The molecule has 4 nitrogen and oxygen atoms in total. The Morgan fingerprint density at radius 3 is 2.61 bits per heavy atom. The van der Waals surface area contributed by atoms with E-state index in [0.29, 0.717) is 18.7 Å². The smallest absolute Gasteiger partial charge is 0.339 e. The molecule has 1 saturated heterocycles. The molecule has 0 saturated carbocycles. The number of carbonyl (C=O) groups excluding carboxylic acids is 1. The number of nitrogens with one attached hydrogen (secondary N) is 1. The summed E-state index contributed by atoms with van der Waals surface area (Å²) in [6, 6.07) is 1.04.